The fourth-order valence-electron chi connectivity index (χ4n) is 13.4. The fourth-order valence-corrected chi connectivity index (χ4v) is 15.0. The molecule has 0 saturated carbocycles. The molecule has 0 fully saturated rings. The summed E-state index contributed by atoms with van der Waals surface area (Å²) in [6.07, 6.45) is 69.6. The number of ether oxygens (including phenoxy) is 4. The molecule has 0 aliphatic rings. The number of aliphatic hydroxyl groups excluding tert-OH is 1. The molecule has 6 atom stereocenters. The SMILES string of the molecule is CCCCCCCCCCCCCCCCCCCCCCCCC(=O)O[C@H](COC(=O)CCCCCCCCCCCCCCCCCCCC)COP(=O)(O)OC[C@@H](O)COP(=O)(O)OC[C@@H](COC(=O)CCCCCCCCC(C)CC)OC(=O)CCCCCCCCCCCCCCC(C)C. The lowest BCUT2D eigenvalue weighted by Gasteiger charge is -2.21. The average molecular weight is 1540 g/mol. The molecule has 0 radical (unpaired) electrons. The van der Waals surface area contributed by atoms with Crippen LogP contribution in [0.4, 0.5) is 0 Å². The molecule has 0 aromatic rings. The lowest BCUT2D eigenvalue weighted by molar-refractivity contribution is -0.161. The van der Waals surface area contributed by atoms with Crippen molar-refractivity contribution in [1.82, 2.24) is 0 Å². The summed E-state index contributed by atoms with van der Waals surface area (Å²) < 4.78 is 68.9. The molecular weight excluding hydrogens is 1370 g/mol. The number of hydrogen-bond acceptors (Lipinski definition) is 15. The highest BCUT2D eigenvalue weighted by molar-refractivity contribution is 7.47. The lowest BCUT2D eigenvalue weighted by atomic mass is 10.00. The van der Waals surface area contributed by atoms with Crippen LogP contribution in [0.5, 0.6) is 0 Å². The molecule has 0 bridgehead atoms. The summed E-state index contributed by atoms with van der Waals surface area (Å²) in [5.41, 5.74) is 0. The second-order valence-corrected chi connectivity index (χ2v) is 34.6. The number of hydrogen-bond donors (Lipinski definition) is 3. The maximum absolute atomic E-state index is 13.1. The molecule has 0 aromatic heterocycles. The molecule has 19 heteroatoms. The number of phosphoric acid groups is 2. The summed E-state index contributed by atoms with van der Waals surface area (Å²) in [6.45, 7) is 9.63. The number of aliphatic hydroxyl groups is 1. The molecule has 17 nitrogen and oxygen atoms in total. The Morgan fingerprint density at radius 1 is 0.276 bits per heavy atom. The largest absolute Gasteiger partial charge is 0.472 e. The van der Waals surface area contributed by atoms with E-state index in [4.69, 9.17) is 37.0 Å². The van der Waals surface area contributed by atoms with E-state index in [9.17, 15) is 43.2 Å². The predicted molar refractivity (Wildman–Crippen MR) is 432 cm³/mol. The minimum Gasteiger partial charge on any atom is -0.462 e. The zero-order valence-corrected chi connectivity index (χ0v) is 70.8. The van der Waals surface area contributed by atoms with Crippen molar-refractivity contribution in [3.8, 4) is 0 Å². The number of carbonyl (C=O) groups excluding carboxylic acids is 4. The van der Waals surface area contributed by atoms with Gasteiger partial charge < -0.3 is 33.8 Å². The number of unbranched alkanes of at least 4 members (excludes halogenated alkanes) is 54. The smallest absolute Gasteiger partial charge is 0.462 e. The summed E-state index contributed by atoms with van der Waals surface area (Å²) in [5, 5.41) is 10.7. The second-order valence-electron chi connectivity index (χ2n) is 31.6. The van der Waals surface area contributed by atoms with Gasteiger partial charge in [-0.2, -0.15) is 0 Å². The van der Waals surface area contributed by atoms with Crippen LogP contribution < -0.4 is 0 Å². The van der Waals surface area contributed by atoms with E-state index in [1.54, 1.807) is 0 Å². The van der Waals surface area contributed by atoms with Crippen molar-refractivity contribution in [3.05, 3.63) is 0 Å². The first-order valence-corrected chi connectivity index (χ1v) is 47.5. The molecular formula is C86H168O17P2. The van der Waals surface area contributed by atoms with Crippen LogP contribution >= 0.6 is 15.6 Å². The summed E-state index contributed by atoms with van der Waals surface area (Å²) >= 11 is 0. The Morgan fingerprint density at radius 2 is 0.486 bits per heavy atom. The van der Waals surface area contributed by atoms with E-state index in [-0.39, 0.29) is 25.7 Å². The molecule has 624 valence electrons. The number of esters is 4. The standard InChI is InChI=1S/C86H168O17P2/c1-7-10-12-14-16-18-20-22-24-26-28-29-30-31-33-35-37-42-46-50-58-64-70-85(90)102-81(74-96-83(88)68-62-56-49-45-41-36-34-32-27-25-23-21-19-17-15-13-11-8-2)76-100-104(92,93)98-72-80(87)73-99-105(94,95)101-77-82(75-97-84(89)69-63-57-53-52-55-61-67-79(6)9-3)103-86(91)71-65-59-51-47-43-39-38-40-44-48-54-60-66-78(4)5/h78-82,87H,7-77H2,1-6H3,(H,92,93)(H,94,95)/t79?,80-,81-,82-/m1/s1. The molecule has 3 unspecified atom stereocenters. The van der Waals surface area contributed by atoms with Gasteiger partial charge in [-0.3, -0.25) is 37.3 Å². The molecule has 0 heterocycles. The summed E-state index contributed by atoms with van der Waals surface area (Å²) in [5.74, 6) is -0.597. The minimum absolute atomic E-state index is 0.106. The highest BCUT2D eigenvalue weighted by atomic mass is 31.2. The molecule has 0 aliphatic heterocycles. The first kappa shape index (κ1) is 103. The van der Waals surface area contributed by atoms with Crippen LogP contribution in [0, 0.1) is 11.8 Å². The van der Waals surface area contributed by atoms with Gasteiger partial charge >= 0.3 is 39.5 Å². The van der Waals surface area contributed by atoms with Crippen LogP contribution in [0.1, 0.15) is 459 Å². The van der Waals surface area contributed by atoms with Crippen LogP contribution in [0.15, 0.2) is 0 Å². The van der Waals surface area contributed by atoms with E-state index in [1.807, 2.05) is 0 Å². The number of carbonyl (C=O) groups is 4. The Morgan fingerprint density at radius 3 is 0.724 bits per heavy atom. The lowest BCUT2D eigenvalue weighted by Crippen LogP contribution is -2.30. The quantitative estimate of drug-likeness (QED) is 0.0222. The van der Waals surface area contributed by atoms with Crippen molar-refractivity contribution in [1.29, 1.82) is 0 Å². The van der Waals surface area contributed by atoms with Gasteiger partial charge in [-0.1, -0.05) is 408 Å². The van der Waals surface area contributed by atoms with Crippen LogP contribution in [0.25, 0.3) is 0 Å². The summed E-state index contributed by atoms with van der Waals surface area (Å²) in [4.78, 5) is 73.2. The van der Waals surface area contributed by atoms with Crippen LogP contribution in [-0.2, 0) is 65.4 Å². The molecule has 0 rings (SSSR count). The molecule has 0 amide bonds. The molecule has 0 aromatic carbocycles. The highest BCUT2D eigenvalue weighted by Gasteiger charge is 2.30. The Bertz CT molecular complexity index is 2010. The van der Waals surface area contributed by atoms with E-state index in [1.165, 1.54) is 270 Å². The van der Waals surface area contributed by atoms with E-state index >= 15 is 0 Å². The van der Waals surface area contributed by atoms with Gasteiger partial charge in [-0.15, -0.1) is 0 Å². The Hall–Kier alpha value is -1.94. The van der Waals surface area contributed by atoms with Gasteiger partial charge in [-0.05, 0) is 37.5 Å². The molecule has 0 spiro atoms. The van der Waals surface area contributed by atoms with Crippen molar-refractivity contribution in [2.24, 2.45) is 11.8 Å². The summed E-state index contributed by atoms with van der Waals surface area (Å²) in [6, 6.07) is 0. The summed E-state index contributed by atoms with van der Waals surface area (Å²) in [7, 11) is -9.93. The zero-order valence-electron chi connectivity index (χ0n) is 69.0. The van der Waals surface area contributed by atoms with Crippen LogP contribution in [0.3, 0.4) is 0 Å². The van der Waals surface area contributed by atoms with Gasteiger partial charge in [0.2, 0.25) is 0 Å². The van der Waals surface area contributed by atoms with E-state index < -0.39 is 97.5 Å². The van der Waals surface area contributed by atoms with Gasteiger partial charge in [0.15, 0.2) is 12.2 Å². The second kappa shape index (κ2) is 77.4. The Kier molecular flexibility index (Phi) is 76.0. The number of phosphoric ester groups is 2. The van der Waals surface area contributed by atoms with Gasteiger partial charge in [0.05, 0.1) is 26.4 Å². The van der Waals surface area contributed by atoms with E-state index in [0.29, 0.717) is 25.7 Å². The van der Waals surface area contributed by atoms with Crippen molar-refractivity contribution in [2.75, 3.05) is 39.6 Å². The van der Waals surface area contributed by atoms with Crippen LogP contribution in [0.2, 0.25) is 0 Å². The maximum Gasteiger partial charge on any atom is 0.472 e. The molecule has 105 heavy (non-hydrogen) atoms. The Balaban J connectivity index is 5.22. The maximum atomic E-state index is 13.1. The van der Waals surface area contributed by atoms with Crippen LogP contribution in [-0.4, -0.2) is 96.7 Å². The van der Waals surface area contributed by atoms with Crippen molar-refractivity contribution >= 4 is 39.5 Å². The average Bonchev–Trinajstić information content (AvgIpc) is 0.914. The van der Waals surface area contributed by atoms with Crippen molar-refractivity contribution in [2.45, 2.75) is 477 Å². The third-order valence-corrected chi connectivity index (χ3v) is 22.5. The van der Waals surface area contributed by atoms with E-state index in [0.717, 1.165) is 108 Å². The van der Waals surface area contributed by atoms with Gasteiger partial charge in [0, 0.05) is 25.7 Å². The predicted octanol–water partition coefficient (Wildman–Crippen LogP) is 26.2. The highest BCUT2D eigenvalue weighted by Crippen LogP contribution is 2.45. The van der Waals surface area contributed by atoms with Crippen molar-refractivity contribution in [3.63, 3.8) is 0 Å². The van der Waals surface area contributed by atoms with Gasteiger partial charge in [0.25, 0.3) is 0 Å². The number of rotatable bonds is 85. The fraction of sp³-hybridized carbons (Fsp3) is 0.953. The molecule has 3 N–H and O–H groups in total. The minimum atomic E-state index is -4.97. The molecule has 0 aliphatic carbocycles. The topological polar surface area (TPSA) is 237 Å². The van der Waals surface area contributed by atoms with Crippen molar-refractivity contribution < 1.29 is 80.2 Å². The third kappa shape index (κ3) is 78.5. The Labute approximate surface area is 645 Å². The monoisotopic (exact) mass is 1540 g/mol. The first-order valence-electron chi connectivity index (χ1n) is 44.5. The normalized spacial score (nSPS) is 14.1. The first-order chi connectivity index (χ1) is 50.9. The van der Waals surface area contributed by atoms with Gasteiger partial charge in [-0.25, -0.2) is 9.13 Å². The van der Waals surface area contributed by atoms with E-state index in [2.05, 4.69) is 41.5 Å². The molecule has 0 saturated heterocycles. The van der Waals surface area contributed by atoms with Gasteiger partial charge in [0.1, 0.15) is 19.3 Å². The third-order valence-electron chi connectivity index (χ3n) is 20.6. The zero-order chi connectivity index (χ0) is 77.1.